The van der Waals surface area contributed by atoms with Gasteiger partial charge in [-0.2, -0.15) is 5.10 Å². The molecule has 1 aliphatic heterocycles. The van der Waals surface area contributed by atoms with E-state index in [1.165, 1.54) is 18.2 Å². The minimum atomic E-state index is -0.486. The van der Waals surface area contributed by atoms with Gasteiger partial charge >= 0.3 is 0 Å². The number of rotatable bonds is 5. The summed E-state index contributed by atoms with van der Waals surface area (Å²) in [6, 6.07) is 4.16. The molecule has 1 saturated heterocycles. The molecule has 1 aromatic carbocycles. The van der Waals surface area contributed by atoms with Crippen molar-refractivity contribution >= 4 is 45.4 Å². The van der Waals surface area contributed by atoms with E-state index >= 15 is 0 Å². The summed E-state index contributed by atoms with van der Waals surface area (Å²) in [6.07, 6.45) is 3.58. The Morgan fingerprint density at radius 2 is 2.13 bits per heavy atom. The maximum Gasteiger partial charge on any atom is 0.277 e. The molecule has 0 radical (unpaired) electrons. The van der Waals surface area contributed by atoms with Crippen LogP contribution in [0, 0.1) is 11.7 Å². The Labute approximate surface area is 188 Å². The molecule has 164 valence electrons. The van der Waals surface area contributed by atoms with Crippen molar-refractivity contribution in [1.29, 1.82) is 0 Å². The van der Waals surface area contributed by atoms with Gasteiger partial charge in [0.1, 0.15) is 21.5 Å². The van der Waals surface area contributed by atoms with Crippen molar-refractivity contribution in [2.75, 3.05) is 35.6 Å². The Bertz CT molecular complexity index is 1110. The molecule has 8 nitrogen and oxygen atoms in total. The zero-order chi connectivity index (χ0) is 22.1. The molecule has 1 aliphatic rings. The molecular weight excluding hydrogens is 441 g/mol. The van der Waals surface area contributed by atoms with Crippen LogP contribution in [-0.2, 0) is 7.05 Å². The van der Waals surface area contributed by atoms with Gasteiger partial charge in [-0.15, -0.1) is 0 Å². The topological polar surface area (TPSA) is 115 Å². The molecule has 3 aromatic rings. The lowest BCUT2D eigenvalue weighted by atomic mass is 9.97. The number of benzene rings is 1. The van der Waals surface area contributed by atoms with Gasteiger partial charge in [0.05, 0.1) is 6.20 Å². The molecule has 31 heavy (non-hydrogen) atoms. The van der Waals surface area contributed by atoms with Crippen LogP contribution in [0.25, 0.3) is 10.6 Å². The second kappa shape index (κ2) is 8.81. The van der Waals surface area contributed by atoms with Crippen molar-refractivity contribution in [2.45, 2.75) is 12.8 Å². The number of aryl methyl sites for hydroxylation is 1. The lowest BCUT2D eigenvalue weighted by Crippen LogP contribution is -2.37. The van der Waals surface area contributed by atoms with E-state index in [0.717, 1.165) is 43.1 Å². The standard InChI is InChI=1S/C20H23ClFN7OS/c1-28-20(29-6-4-11(9-23)5-7-29)15(10-25-28)26-18(30)16-17(24)31-19(27-16)13-8-12(21)2-3-14(13)22/h2-3,8,10-11H,4-7,9,23-24H2,1H3,(H,26,30). The van der Waals surface area contributed by atoms with Crippen molar-refractivity contribution in [3.8, 4) is 10.6 Å². The number of hydrogen-bond acceptors (Lipinski definition) is 7. The minimum Gasteiger partial charge on any atom is -0.389 e. The number of carbonyl (C=O) groups is 1. The number of amides is 1. The van der Waals surface area contributed by atoms with Crippen molar-refractivity contribution in [2.24, 2.45) is 18.7 Å². The Kier molecular flexibility index (Phi) is 6.12. The summed E-state index contributed by atoms with van der Waals surface area (Å²) < 4.78 is 15.9. The molecule has 0 saturated carbocycles. The number of nitrogen functional groups attached to an aromatic ring is 1. The summed E-state index contributed by atoms with van der Waals surface area (Å²) in [5.41, 5.74) is 12.6. The second-order valence-corrected chi connectivity index (χ2v) is 8.95. The monoisotopic (exact) mass is 463 g/mol. The summed E-state index contributed by atoms with van der Waals surface area (Å²) in [7, 11) is 1.83. The maximum atomic E-state index is 14.2. The van der Waals surface area contributed by atoms with Crippen molar-refractivity contribution in [3.05, 3.63) is 40.9 Å². The average molecular weight is 464 g/mol. The highest BCUT2D eigenvalue weighted by atomic mass is 35.5. The van der Waals surface area contributed by atoms with Gasteiger partial charge < -0.3 is 21.7 Å². The first kappa shape index (κ1) is 21.5. The van der Waals surface area contributed by atoms with Crippen LogP contribution in [0.4, 0.5) is 20.9 Å². The molecule has 1 amide bonds. The van der Waals surface area contributed by atoms with E-state index in [4.69, 9.17) is 23.1 Å². The summed E-state index contributed by atoms with van der Waals surface area (Å²) in [5, 5.41) is 8.01. The van der Waals surface area contributed by atoms with Gasteiger partial charge in [0, 0.05) is 30.7 Å². The first-order valence-electron chi connectivity index (χ1n) is 9.87. The number of anilines is 3. The number of halogens is 2. The minimum absolute atomic E-state index is 0.0380. The molecule has 2 aromatic heterocycles. The van der Waals surface area contributed by atoms with Crippen LogP contribution in [-0.4, -0.2) is 40.3 Å². The fourth-order valence-electron chi connectivity index (χ4n) is 3.73. The molecule has 1 fully saturated rings. The third-order valence-corrected chi connectivity index (χ3v) is 6.58. The van der Waals surface area contributed by atoms with Crippen LogP contribution in [0.3, 0.4) is 0 Å². The summed E-state index contributed by atoms with van der Waals surface area (Å²) in [6.45, 7) is 2.35. The number of thiazole rings is 1. The first-order valence-corrected chi connectivity index (χ1v) is 11.1. The van der Waals surface area contributed by atoms with Crippen LogP contribution in [0.1, 0.15) is 23.3 Å². The molecule has 5 N–H and O–H groups in total. The molecule has 11 heteroatoms. The largest absolute Gasteiger partial charge is 0.389 e. The third kappa shape index (κ3) is 4.36. The molecule has 3 heterocycles. The third-order valence-electron chi connectivity index (χ3n) is 5.43. The van der Waals surface area contributed by atoms with E-state index in [1.807, 2.05) is 7.05 Å². The number of aromatic nitrogens is 3. The van der Waals surface area contributed by atoms with E-state index < -0.39 is 11.7 Å². The zero-order valence-electron chi connectivity index (χ0n) is 16.9. The average Bonchev–Trinajstić information content (AvgIpc) is 3.32. The number of piperidine rings is 1. The van der Waals surface area contributed by atoms with Gasteiger partial charge in [0.25, 0.3) is 5.91 Å². The smallest absolute Gasteiger partial charge is 0.277 e. The van der Waals surface area contributed by atoms with Crippen molar-refractivity contribution in [3.63, 3.8) is 0 Å². The van der Waals surface area contributed by atoms with Gasteiger partial charge in [-0.05, 0) is 43.5 Å². The summed E-state index contributed by atoms with van der Waals surface area (Å²) >= 11 is 7.01. The van der Waals surface area contributed by atoms with E-state index in [-0.39, 0.29) is 21.3 Å². The Hall–Kier alpha value is -2.69. The predicted molar refractivity (Wildman–Crippen MR) is 122 cm³/mol. The van der Waals surface area contributed by atoms with Crippen LogP contribution < -0.4 is 21.7 Å². The van der Waals surface area contributed by atoms with Gasteiger partial charge in [-0.1, -0.05) is 22.9 Å². The number of carbonyl (C=O) groups excluding carboxylic acids is 1. The molecule has 0 atom stereocenters. The van der Waals surface area contributed by atoms with E-state index in [9.17, 15) is 9.18 Å². The summed E-state index contributed by atoms with van der Waals surface area (Å²) in [5.74, 6) is 0.371. The number of hydrogen-bond donors (Lipinski definition) is 3. The van der Waals surface area contributed by atoms with Crippen molar-refractivity contribution < 1.29 is 9.18 Å². The number of nitrogens with one attached hydrogen (secondary N) is 1. The fourth-order valence-corrected chi connectivity index (χ4v) is 4.75. The molecule has 0 bridgehead atoms. The molecule has 0 spiro atoms. The number of nitrogens with zero attached hydrogens (tertiary/aromatic N) is 4. The first-order chi connectivity index (χ1) is 14.9. The normalized spacial score (nSPS) is 14.8. The summed E-state index contributed by atoms with van der Waals surface area (Å²) in [4.78, 5) is 19.4. The van der Waals surface area contributed by atoms with Crippen LogP contribution in [0.15, 0.2) is 24.4 Å². The van der Waals surface area contributed by atoms with Crippen LogP contribution in [0.2, 0.25) is 5.02 Å². The van der Waals surface area contributed by atoms with Crippen LogP contribution in [0.5, 0.6) is 0 Å². The SMILES string of the molecule is Cn1ncc(NC(=O)c2nc(-c3cc(Cl)ccc3F)sc2N)c1N1CCC(CN)CC1. The maximum absolute atomic E-state index is 14.2. The van der Waals surface area contributed by atoms with Crippen molar-refractivity contribution in [1.82, 2.24) is 14.8 Å². The quantitative estimate of drug-likeness (QED) is 0.534. The van der Waals surface area contributed by atoms with E-state index in [1.54, 1.807) is 10.9 Å². The lowest BCUT2D eigenvalue weighted by molar-refractivity contribution is 0.102. The predicted octanol–water partition coefficient (Wildman–Crippen LogP) is 3.35. The zero-order valence-corrected chi connectivity index (χ0v) is 18.5. The highest BCUT2D eigenvalue weighted by Crippen LogP contribution is 2.34. The van der Waals surface area contributed by atoms with Gasteiger partial charge in [0.2, 0.25) is 0 Å². The lowest BCUT2D eigenvalue weighted by Gasteiger charge is -2.33. The second-order valence-electron chi connectivity index (χ2n) is 7.48. The molecule has 0 unspecified atom stereocenters. The van der Waals surface area contributed by atoms with Crippen LogP contribution >= 0.6 is 22.9 Å². The van der Waals surface area contributed by atoms with E-state index in [2.05, 4.69) is 20.3 Å². The van der Waals surface area contributed by atoms with Gasteiger partial charge in [-0.3, -0.25) is 9.48 Å². The Morgan fingerprint density at radius 1 is 1.39 bits per heavy atom. The Morgan fingerprint density at radius 3 is 2.84 bits per heavy atom. The van der Waals surface area contributed by atoms with Gasteiger partial charge in [-0.25, -0.2) is 9.37 Å². The number of nitrogens with two attached hydrogens (primary N) is 2. The fraction of sp³-hybridized carbons (Fsp3) is 0.350. The Balaban J connectivity index is 1.56. The van der Waals surface area contributed by atoms with E-state index in [0.29, 0.717) is 23.2 Å². The molecular formula is C20H23ClFN7OS. The molecule has 0 aliphatic carbocycles. The highest BCUT2D eigenvalue weighted by Gasteiger charge is 2.25. The highest BCUT2D eigenvalue weighted by molar-refractivity contribution is 7.19. The van der Waals surface area contributed by atoms with Gasteiger partial charge in [0.15, 0.2) is 11.5 Å². The molecule has 4 rings (SSSR count).